The monoisotopic (exact) mass is 803 g/mol. The maximum Gasteiger partial charge on any atom is 0.252 e. The van der Waals surface area contributed by atoms with Gasteiger partial charge in [0.1, 0.15) is 0 Å². The zero-order valence-corrected chi connectivity index (χ0v) is 36.2. The Morgan fingerprint density at radius 3 is 1.64 bits per heavy atom. The van der Waals surface area contributed by atoms with Gasteiger partial charge in [-0.2, -0.15) is 0 Å². The van der Waals surface area contributed by atoms with Crippen LogP contribution in [0.3, 0.4) is 0 Å². The lowest BCUT2D eigenvalue weighted by molar-refractivity contribution is 0.914. The van der Waals surface area contributed by atoms with Crippen LogP contribution in [0.2, 0.25) is 0 Å². The largest absolute Gasteiger partial charge is 0.311 e. The molecule has 0 saturated carbocycles. The van der Waals surface area contributed by atoms with Crippen LogP contribution in [-0.4, -0.2) is 6.71 Å². The third-order valence-electron chi connectivity index (χ3n) is 13.5. The smallest absolute Gasteiger partial charge is 0.252 e. The normalized spacial score (nSPS) is 13.7. The summed E-state index contributed by atoms with van der Waals surface area (Å²) in [5.41, 5.74) is 24.1. The highest BCUT2D eigenvalue weighted by molar-refractivity contribution is 7.27. The first-order valence-electron chi connectivity index (χ1n) is 21.7. The second kappa shape index (κ2) is 13.7. The molecule has 0 fully saturated rings. The maximum atomic E-state index is 2.63. The van der Waals surface area contributed by atoms with Gasteiger partial charge in [-0.15, -0.1) is 11.3 Å². The van der Waals surface area contributed by atoms with Crippen LogP contribution in [0.5, 0.6) is 0 Å². The van der Waals surface area contributed by atoms with E-state index in [2.05, 4.69) is 201 Å². The molecular weight excluding hydrogens is 758 g/mol. The van der Waals surface area contributed by atoms with E-state index in [0.29, 0.717) is 0 Å². The predicted octanol–water partition coefficient (Wildman–Crippen LogP) is 13.6. The Morgan fingerprint density at radius 2 is 1.00 bits per heavy atom. The summed E-state index contributed by atoms with van der Waals surface area (Å²) in [5, 5.41) is 2.75. The topological polar surface area (TPSA) is 9.72 Å². The molecule has 1 aliphatic carbocycles. The molecule has 0 unspecified atom stereocenters. The first kappa shape index (κ1) is 36.3. The number of benzene rings is 8. The lowest BCUT2D eigenvalue weighted by atomic mass is 9.33. The van der Waals surface area contributed by atoms with Crippen molar-refractivity contribution in [2.24, 2.45) is 0 Å². The van der Waals surface area contributed by atoms with E-state index in [1.165, 1.54) is 111 Å². The molecule has 8 aromatic carbocycles. The van der Waals surface area contributed by atoms with Crippen LogP contribution >= 0.6 is 11.3 Å². The molecule has 0 atom stereocenters. The van der Waals surface area contributed by atoms with Crippen molar-refractivity contribution in [1.82, 2.24) is 0 Å². The first-order chi connectivity index (χ1) is 29.8. The number of aryl methyl sites for hydroxylation is 7. The molecule has 3 aliphatic rings. The summed E-state index contributed by atoms with van der Waals surface area (Å²) in [5.74, 6) is 0. The fourth-order valence-corrected chi connectivity index (χ4v) is 11.9. The molecule has 0 saturated heterocycles. The number of hydrogen-bond acceptors (Lipinski definition) is 4. The fraction of sp³-hybridized carbons (Fsp3) is 0.143. The Kier molecular flexibility index (Phi) is 8.18. The van der Waals surface area contributed by atoms with Crippen LogP contribution in [0, 0.1) is 34.6 Å². The van der Waals surface area contributed by atoms with Crippen molar-refractivity contribution in [2.75, 3.05) is 14.7 Å². The molecule has 9 aromatic rings. The SMILES string of the molecule is Cc1ccc(N(c2ccc(C)cc2)c2cc3c4c(c2)N(c2ccc(C)cc2)c2c(ccc5c2sc2c6c(ccc25)CCC6)B4c2cc(C)ccc2N3c2ccc(C)cc2)cc1. The Morgan fingerprint density at radius 1 is 0.459 bits per heavy atom. The minimum atomic E-state index is 0.0277. The Bertz CT molecular complexity index is 3170. The Hall–Kier alpha value is -6.56. The van der Waals surface area contributed by atoms with Crippen LogP contribution in [0.4, 0.5) is 51.2 Å². The summed E-state index contributed by atoms with van der Waals surface area (Å²) in [7, 11) is 0. The van der Waals surface area contributed by atoms with E-state index in [1.807, 2.05) is 11.3 Å². The predicted molar refractivity (Wildman–Crippen MR) is 264 cm³/mol. The third kappa shape index (κ3) is 5.63. The van der Waals surface area contributed by atoms with E-state index < -0.39 is 0 Å². The molecule has 0 radical (unpaired) electrons. The summed E-state index contributed by atoms with van der Waals surface area (Å²) in [6, 6.07) is 58.1. The van der Waals surface area contributed by atoms with Crippen molar-refractivity contribution in [2.45, 2.75) is 53.9 Å². The molecular formula is C56H46BN3S. The molecule has 294 valence electrons. The highest BCUT2D eigenvalue weighted by Crippen LogP contribution is 2.52. The van der Waals surface area contributed by atoms with Gasteiger partial charge < -0.3 is 14.7 Å². The summed E-state index contributed by atoms with van der Waals surface area (Å²) in [6.45, 7) is 11.0. The molecule has 0 amide bonds. The molecule has 0 spiro atoms. The van der Waals surface area contributed by atoms with Crippen molar-refractivity contribution in [3.63, 3.8) is 0 Å². The van der Waals surface area contributed by atoms with Gasteiger partial charge >= 0.3 is 0 Å². The van der Waals surface area contributed by atoms with Gasteiger partial charge in [0.05, 0.1) is 16.1 Å². The summed E-state index contributed by atoms with van der Waals surface area (Å²) >= 11 is 2.02. The minimum absolute atomic E-state index is 0.0277. The second-order valence-electron chi connectivity index (χ2n) is 17.7. The molecule has 3 nitrogen and oxygen atoms in total. The van der Waals surface area contributed by atoms with Gasteiger partial charge in [0.25, 0.3) is 6.71 Å². The van der Waals surface area contributed by atoms with Crippen molar-refractivity contribution < 1.29 is 0 Å². The van der Waals surface area contributed by atoms with E-state index in [0.717, 1.165) is 29.2 Å². The lowest BCUT2D eigenvalue weighted by Crippen LogP contribution is -2.61. The van der Waals surface area contributed by atoms with Crippen LogP contribution < -0.4 is 31.1 Å². The van der Waals surface area contributed by atoms with Crippen LogP contribution in [0.1, 0.15) is 45.4 Å². The zero-order chi connectivity index (χ0) is 41.1. The quantitative estimate of drug-likeness (QED) is 0.161. The van der Waals surface area contributed by atoms with Gasteiger partial charge in [0.15, 0.2) is 0 Å². The molecule has 0 bridgehead atoms. The van der Waals surface area contributed by atoms with Gasteiger partial charge in [0.2, 0.25) is 0 Å². The molecule has 1 aromatic heterocycles. The highest BCUT2D eigenvalue weighted by atomic mass is 32.1. The maximum absolute atomic E-state index is 2.63. The number of anilines is 9. The molecule has 12 rings (SSSR count). The van der Waals surface area contributed by atoms with Crippen molar-refractivity contribution in [3.8, 4) is 0 Å². The van der Waals surface area contributed by atoms with E-state index in [-0.39, 0.29) is 6.71 Å². The third-order valence-corrected chi connectivity index (χ3v) is 14.8. The van der Waals surface area contributed by atoms with Crippen molar-refractivity contribution in [1.29, 1.82) is 0 Å². The van der Waals surface area contributed by atoms with E-state index in [1.54, 1.807) is 5.56 Å². The molecule has 0 N–H and O–H groups in total. The zero-order valence-electron chi connectivity index (χ0n) is 35.4. The number of fused-ring (bicyclic) bond motifs is 10. The summed E-state index contributed by atoms with van der Waals surface area (Å²) < 4.78 is 2.84. The Balaban J connectivity index is 1.23. The number of rotatable bonds is 5. The summed E-state index contributed by atoms with van der Waals surface area (Å²) in [4.78, 5) is 7.62. The molecule has 5 heteroatoms. The number of nitrogens with zero attached hydrogens (tertiary/aromatic N) is 3. The lowest BCUT2D eigenvalue weighted by Gasteiger charge is -2.45. The minimum Gasteiger partial charge on any atom is -0.311 e. The van der Waals surface area contributed by atoms with E-state index in [4.69, 9.17) is 0 Å². The van der Waals surface area contributed by atoms with Crippen LogP contribution in [0.25, 0.3) is 20.2 Å². The molecule has 3 heterocycles. The molecule has 61 heavy (non-hydrogen) atoms. The van der Waals surface area contributed by atoms with Crippen molar-refractivity contribution >= 4 is 106 Å². The van der Waals surface area contributed by atoms with Crippen molar-refractivity contribution in [3.05, 3.63) is 191 Å². The second-order valence-corrected chi connectivity index (χ2v) is 18.7. The average Bonchev–Trinajstić information content (AvgIpc) is 3.91. The average molecular weight is 804 g/mol. The van der Waals surface area contributed by atoms with E-state index in [9.17, 15) is 0 Å². The van der Waals surface area contributed by atoms with Gasteiger partial charge in [-0.25, -0.2) is 0 Å². The van der Waals surface area contributed by atoms with Gasteiger partial charge in [-0.05, 0) is 148 Å². The van der Waals surface area contributed by atoms with Crippen LogP contribution in [-0.2, 0) is 12.8 Å². The summed E-state index contributed by atoms with van der Waals surface area (Å²) in [6.07, 6.45) is 3.58. The van der Waals surface area contributed by atoms with Gasteiger partial charge in [-0.1, -0.05) is 113 Å². The Labute approximate surface area is 363 Å². The first-order valence-corrected chi connectivity index (χ1v) is 22.6. The van der Waals surface area contributed by atoms with Crippen LogP contribution in [0.15, 0.2) is 152 Å². The van der Waals surface area contributed by atoms with Gasteiger partial charge in [0, 0.05) is 55.3 Å². The standard InChI is InChI=1S/C56H46BN3S/c1-34-9-19-40(20-10-34)58(41-21-11-35(2)12-22-41)44-32-51-53-52(33-44)60(43-25-15-37(4)16-26-43)54-48(29-28-47-46-27-18-39-7-6-8-45(39)55(46)61-56(47)54)57(53)49-31-38(5)17-30-50(49)59(51)42-23-13-36(3)14-24-42/h9-33H,6-8H2,1-5H3. The number of thiophene rings is 1. The fourth-order valence-electron chi connectivity index (χ4n) is 10.4. The molecule has 2 aliphatic heterocycles. The van der Waals surface area contributed by atoms with E-state index >= 15 is 0 Å². The highest BCUT2D eigenvalue weighted by Gasteiger charge is 2.45. The van der Waals surface area contributed by atoms with Gasteiger partial charge in [-0.3, -0.25) is 0 Å². The number of hydrogen-bond donors (Lipinski definition) is 0.